The molecule has 2 amide bonds. The third-order valence-corrected chi connectivity index (χ3v) is 4.37. The predicted octanol–water partition coefficient (Wildman–Crippen LogP) is 1.90. The molecule has 0 bridgehead atoms. The minimum absolute atomic E-state index is 0.182. The predicted molar refractivity (Wildman–Crippen MR) is 80.2 cm³/mol. The summed E-state index contributed by atoms with van der Waals surface area (Å²) in [6.45, 7) is 4.17. The fourth-order valence-corrected chi connectivity index (χ4v) is 3.21. The number of rotatable bonds is 2. The Kier molecular flexibility index (Phi) is 3.90. The maximum atomic E-state index is 11.9. The molecule has 3 rings (SSSR count). The molecule has 0 radical (unpaired) electrons. The number of pyridine rings is 1. The summed E-state index contributed by atoms with van der Waals surface area (Å²) in [4.78, 5) is 30.1. The molecule has 1 atom stereocenters. The summed E-state index contributed by atoms with van der Waals surface area (Å²) in [5.41, 5.74) is 2.92. The highest BCUT2D eigenvalue weighted by Crippen LogP contribution is 2.28. The Bertz CT molecular complexity index is 565. The first-order valence-corrected chi connectivity index (χ1v) is 7.71. The van der Waals surface area contributed by atoms with Gasteiger partial charge in [0.05, 0.1) is 23.0 Å². The highest BCUT2D eigenvalue weighted by atomic mass is 16.2. The van der Waals surface area contributed by atoms with E-state index in [1.54, 1.807) is 0 Å². The largest absolute Gasteiger partial charge is 0.370 e. The Hall–Kier alpha value is -1.91. The summed E-state index contributed by atoms with van der Waals surface area (Å²) in [6.07, 6.45) is 4.71. The second kappa shape index (κ2) is 5.84. The van der Waals surface area contributed by atoms with Gasteiger partial charge >= 0.3 is 0 Å². The van der Waals surface area contributed by atoms with Crippen LogP contribution in [-0.2, 0) is 9.59 Å². The van der Waals surface area contributed by atoms with E-state index in [1.165, 1.54) is 24.9 Å². The van der Waals surface area contributed by atoms with Gasteiger partial charge in [0.2, 0.25) is 11.8 Å². The number of nitrogens with zero attached hydrogens (tertiary/aromatic N) is 2. The second-order valence-electron chi connectivity index (χ2n) is 5.89. The topological polar surface area (TPSA) is 62.3 Å². The molecule has 2 aliphatic heterocycles. The van der Waals surface area contributed by atoms with Crippen molar-refractivity contribution in [1.29, 1.82) is 0 Å². The number of piperidine rings is 2. The molecule has 5 heteroatoms. The molecule has 5 nitrogen and oxygen atoms in total. The Morgan fingerprint density at radius 1 is 1.19 bits per heavy atom. The number of hydrogen-bond acceptors (Lipinski definition) is 4. The van der Waals surface area contributed by atoms with Gasteiger partial charge in [-0.2, -0.15) is 0 Å². The van der Waals surface area contributed by atoms with Crippen molar-refractivity contribution in [2.75, 3.05) is 18.0 Å². The average Bonchev–Trinajstić information content (AvgIpc) is 2.48. The first-order chi connectivity index (χ1) is 10.1. The van der Waals surface area contributed by atoms with Crippen LogP contribution in [0.5, 0.6) is 0 Å². The normalized spacial score (nSPS) is 23.1. The molecule has 1 N–H and O–H groups in total. The van der Waals surface area contributed by atoms with Crippen LogP contribution in [0.15, 0.2) is 12.1 Å². The van der Waals surface area contributed by atoms with Crippen molar-refractivity contribution in [2.45, 2.75) is 44.9 Å². The van der Waals surface area contributed by atoms with Crippen molar-refractivity contribution < 1.29 is 9.59 Å². The maximum Gasteiger partial charge on any atom is 0.235 e. The van der Waals surface area contributed by atoms with Crippen LogP contribution in [0.1, 0.15) is 49.4 Å². The van der Waals surface area contributed by atoms with E-state index in [0.29, 0.717) is 12.8 Å². The van der Waals surface area contributed by atoms with Gasteiger partial charge in [0, 0.05) is 19.5 Å². The number of anilines is 1. The number of carbonyl (C=O) groups excluding carboxylic acids is 2. The van der Waals surface area contributed by atoms with E-state index < -0.39 is 0 Å². The zero-order chi connectivity index (χ0) is 14.8. The van der Waals surface area contributed by atoms with E-state index in [2.05, 4.69) is 21.3 Å². The van der Waals surface area contributed by atoms with E-state index in [0.717, 1.165) is 24.5 Å². The van der Waals surface area contributed by atoms with Gasteiger partial charge < -0.3 is 4.90 Å². The average molecular weight is 287 g/mol. The molecule has 3 heterocycles. The molecule has 1 unspecified atom stereocenters. The lowest BCUT2D eigenvalue weighted by Crippen LogP contribution is -2.39. The van der Waals surface area contributed by atoms with Crippen LogP contribution in [0.25, 0.3) is 0 Å². The first-order valence-electron chi connectivity index (χ1n) is 7.71. The van der Waals surface area contributed by atoms with E-state index in [9.17, 15) is 9.59 Å². The van der Waals surface area contributed by atoms with E-state index in [4.69, 9.17) is 0 Å². The number of hydrogen-bond donors (Lipinski definition) is 1. The highest BCUT2D eigenvalue weighted by Gasteiger charge is 2.29. The minimum Gasteiger partial charge on any atom is -0.370 e. The smallest absolute Gasteiger partial charge is 0.235 e. The fourth-order valence-electron chi connectivity index (χ4n) is 3.21. The zero-order valence-electron chi connectivity index (χ0n) is 12.4. The lowest BCUT2D eigenvalue weighted by atomic mass is 9.94. The van der Waals surface area contributed by atoms with Gasteiger partial charge in [0.15, 0.2) is 0 Å². The Morgan fingerprint density at radius 3 is 2.62 bits per heavy atom. The molecule has 1 aromatic rings. The van der Waals surface area contributed by atoms with Crippen LogP contribution in [-0.4, -0.2) is 29.9 Å². The molecule has 0 aromatic carbocycles. The van der Waals surface area contributed by atoms with Gasteiger partial charge in [-0.05, 0) is 44.7 Å². The van der Waals surface area contributed by atoms with Crippen LogP contribution in [0.3, 0.4) is 0 Å². The summed E-state index contributed by atoms with van der Waals surface area (Å²) in [5, 5.41) is 2.40. The SMILES string of the molecule is Cc1nc(C2CCC(=O)NC2=O)ccc1N1CCCCC1. The van der Waals surface area contributed by atoms with Gasteiger partial charge in [0.25, 0.3) is 0 Å². The van der Waals surface area contributed by atoms with E-state index in [1.807, 2.05) is 13.0 Å². The third kappa shape index (κ3) is 2.91. The number of nitrogens with one attached hydrogen (secondary N) is 1. The zero-order valence-corrected chi connectivity index (χ0v) is 12.4. The Labute approximate surface area is 124 Å². The summed E-state index contributed by atoms with van der Waals surface area (Å²) in [6, 6.07) is 4.02. The number of aryl methyl sites for hydroxylation is 1. The van der Waals surface area contributed by atoms with Crippen molar-refractivity contribution in [3.05, 3.63) is 23.5 Å². The van der Waals surface area contributed by atoms with Crippen molar-refractivity contribution >= 4 is 17.5 Å². The Balaban J connectivity index is 1.80. The molecule has 1 aromatic heterocycles. The summed E-state index contributed by atoms with van der Waals surface area (Å²) < 4.78 is 0. The molecule has 2 saturated heterocycles. The van der Waals surface area contributed by atoms with Crippen LogP contribution in [0.4, 0.5) is 5.69 Å². The molecular weight excluding hydrogens is 266 g/mol. The molecular formula is C16H21N3O2. The van der Waals surface area contributed by atoms with Gasteiger partial charge in [-0.25, -0.2) is 0 Å². The van der Waals surface area contributed by atoms with Gasteiger partial charge in [-0.3, -0.25) is 19.9 Å². The standard InChI is InChI=1S/C16H21N3O2/c1-11-14(19-9-3-2-4-10-19)7-6-13(17-11)12-5-8-15(20)18-16(12)21/h6-7,12H,2-5,8-10H2,1H3,(H,18,20,21). The van der Waals surface area contributed by atoms with Crippen LogP contribution >= 0.6 is 0 Å². The highest BCUT2D eigenvalue weighted by molar-refractivity contribution is 6.00. The third-order valence-electron chi connectivity index (χ3n) is 4.37. The van der Waals surface area contributed by atoms with Crippen LogP contribution in [0, 0.1) is 6.92 Å². The van der Waals surface area contributed by atoms with Crippen molar-refractivity contribution in [3.8, 4) is 0 Å². The van der Waals surface area contributed by atoms with Gasteiger partial charge in [-0.1, -0.05) is 0 Å². The van der Waals surface area contributed by atoms with Gasteiger partial charge in [0.1, 0.15) is 0 Å². The van der Waals surface area contributed by atoms with Crippen molar-refractivity contribution in [3.63, 3.8) is 0 Å². The molecule has 2 fully saturated rings. The lowest BCUT2D eigenvalue weighted by molar-refractivity contribution is -0.134. The molecule has 0 spiro atoms. The molecule has 112 valence electrons. The van der Waals surface area contributed by atoms with Crippen molar-refractivity contribution in [1.82, 2.24) is 10.3 Å². The number of amides is 2. The second-order valence-corrected chi connectivity index (χ2v) is 5.89. The number of imide groups is 1. The van der Waals surface area contributed by atoms with Crippen LogP contribution < -0.4 is 10.2 Å². The van der Waals surface area contributed by atoms with E-state index in [-0.39, 0.29) is 17.7 Å². The number of carbonyl (C=O) groups is 2. The fraction of sp³-hybridized carbons (Fsp3) is 0.562. The molecule has 21 heavy (non-hydrogen) atoms. The summed E-state index contributed by atoms with van der Waals surface area (Å²) in [5.74, 6) is -0.696. The minimum atomic E-state index is -0.295. The summed E-state index contributed by atoms with van der Waals surface area (Å²) >= 11 is 0. The molecule has 0 saturated carbocycles. The summed E-state index contributed by atoms with van der Waals surface area (Å²) in [7, 11) is 0. The first kappa shape index (κ1) is 14.0. The monoisotopic (exact) mass is 287 g/mol. The number of aromatic nitrogens is 1. The molecule has 2 aliphatic rings. The quantitative estimate of drug-likeness (QED) is 0.844. The van der Waals surface area contributed by atoms with Crippen molar-refractivity contribution in [2.24, 2.45) is 0 Å². The Morgan fingerprint density at radius 2 is 1.95 bits per heavy atom. The lowest BCUT2D eigenvalue weighted by Gasteiger charge is -2.30. The maximum absolute atomic E-state index is 11.9. The molecule has 0 aliphatic carbocycles. The van der Waals surface area contributed by atoms with E-state index >= 15 is 0 Å². The van der Waals surface area contributed by atoms with Crippen LogP contribution in [0.2, 0.25) is 0 Å². The van der Waals surface area contributed by atoms with Gasteiger partial charge in [-0.15, -0.1) is 0 Å².